The van der Waals surface area contributed by atoms with Gasteiger partial charge < -0.3 is 5.11 Å². The second kappa shape index (κ2) is 5.45. The number of hydroxylamine groups is 2. The van der Waals surface area contributed by atoms with Gasteiger partial charge in [-0.3, -0.25) is 14.4 Å². The van der Waals surface area contributed by atoms with E-state index in [0.29, 0.717) is 19.4 Å². The number of carboxylic acids is 1. The highest BCUT2D eigenvalue weighted by atomic mass is 16.7. The predicted octanol–water partition coefficient (Wildman–Crippen LogP) is -0.0257. The van der Waals surface area contributed by atoms with Crippen LogP contribution in [0.4, 0.5) is 0 Å². The van der Waals surface area contributed by atoms with Gasteiger partial charge in [-0.05, 0) is 12.8 Å². The van der Waals surface area contributed by atoms with E-state index in [1.54, 1.807) is 0 Å². The van der Waals surface area contributed by atoms with Crippen molar-refractivity contribution in [1.29, 1.82) is 0 Å². The third-order valence-corrected chi connectivity index (χ3v) is 2.06. The van der Waals surface area contributed by atoms with Crippen LogP contribution in [0.2, 0.25) is 0 Å². The van der Waals surface area contributed by atoms with Crippen LogP contribution >= 0.6 is 0 Å². The molecule has 0 saturated carbocycles. The Morgan fingerprint density at radius 3 is 2.73 bits per heavy atom. The summed E-state index contributed by atoms with van der Waals surface area (Å²) in [4.78, 5) is 36.9. The molecule has 1 amide bonds. The SMILES string of the molecule is O=C(O)C(=O)CCCON1CCCC1=O. The summed E-state index contributed by atoms with van der Waals surface area (Å²) in [6.45, 7) is 0.774. The molecule has 0 aliphatic carbocycles. The van der Waals surface area contributed by atoms with Crippen LogP contribution in [0.15, 0.2) is 0 Å². The summed E-state index contributed by atoms with van der Waals surface area (Å²) >= 11 is 0. The van der Waals surface area contributed by atoms with Gasteiger partial charge in [0, 0.05) is 19.4 Å². The van der Waals surface area contributed by atoms with Gasteiger partial charge >= 0.3 is 5.97 Å². The zero-order chi connectivity index (χ0) is 11.3. The molecule has 84 valence electrons. The van der Waals surface area contributed by atoms with Crippen LogP contribution in [-0.2, 0) is 19.2 Å². The number of hydrogen-bond acceptors (Lipinski definition) is 4. The van der Waals surface area contributed by atoms with Crippen molar-refractivity contribution in [1.82, 2.24) is 5.06 Å². The first-order valence-electron chi connectivity index (χ1n) is 4.80. The molecule has 15 heavy (non-hydrogen) atoms. The number of nitrogens with zero attached hydrogens (tertiary/aromatic N) is 1. The number of ketones is 1. The first-order chi connectivity index (χ1) is 7.11. The summed E-state index contributed by atoms with van der Waals surface area (Å²) in [5.41, 5.74) is 0. The fourth-order valence-corrected chi connectivity index (χ4v) is 1.27. The molecule has 6 heteroatoms. The van der Waals surface area contributed by atoms with E-state index in [-0.39, 0.29) is 18.9 Å². The van der Waals surface area contributed by atoms with Gasteiger partial charge in [0.25, 0.3) is 0 Å². The Morgan fingerprint density at radius 1 is 1.47 bits per heavy atom. The normalized spacial score (nSPS) is 15.7. The summed E-state index contributed by atoms with van der Waals surface area (Å²) in [6.07, 6.45) is 1.53. The smallest absolute Gasteiger partial charge is 0.372 e. The lowest BCUT2D eigenvalue weighted by Gasteiger charge is -2.14. The second-order valence-electron chi connectivity index (χ2n) is 3.26. The zero-order valence-electron chi connectivity index (χ0n) is 8.27. The largest absolute Gasteiger partial charge is 0.476 e. The van der Waals surface area contributed by atoms with Gasteiger partial charge in [0.05, 0.1) is 6.61 Å². The van der Waals surface area contributed by atoms with Crippen LogP contribution in [-0.4, -0.2) is 41.0 Å². The van der Waals surface area contributed by atoms with E-state index in [9.17, 15) is 14.4 Å². The molecule has 0 aromatic carbocycles. The number of aliphatic carboxylic acids is 1. The van der Waals surface area contributed by atoms with Crippen molar-refractivity contribution < 1.29 is 24.3 Å². The molecule has 0 unspecified atom stereocenters. The Bertz CT molecular complexity index is 276. The average molecular weight is 215 g/mol. The molecule has 0 aromatic rings. The van der Waals surface area contributed by atoms with E-state index in [4.69, 9.17) is 9.94 Å². The fraction of sp³-hybridized carbons (Fsp3) is 0.667. The standard InChI is InChI=1S/C9H13NO5/c11-7(9(13)14)3-2-6-15-10-5-1-4-8(10)12/h1-6H2,(H,13,14). The summed E-state index contributed by atoms with van der Waals surface area (Å²) in [6, 6.07) is 0. The minimum atomic E-state index is -1.42. The maximum Gasteiger partial charge on any atom is 0.372 e. The highest BCUT2D eigenvalue weighted by molar-refractivity contribution is 6.32. The second-order valence-corrected chi connectivity index (χ2v) is 3.26. The molecule has 1 heterocycles. The molecule has 1 saturated heterocycles. The molecule has 6 nitrogen and oxygen atoms in total. The number of carbonyl (C=O) groups excluding carboxylic acids is 2. The van der Waals surface area contributed by atoms with Crippen LogP contribution in [0.1, 0.15) is 25.7 Å². The Hall–Kier alpha value is -1.43. The lowest BCUT2D eigenvalue weighted by molar-refractivity contribution is -0.178. The van der Waals surface area contributed by atoms with Crippen molar-refractivity contribution in [2.24, 2.45) is 0 Å². The minimum Gasteiger partial charge on any atom is -0.476 e. The molecule has 0 bridgehead atoms. The van der Waals surface area contributed by atoms with Crippen molar-refractivity contribution in [3.05, 3.63) is 0 Å². The molecule has 0 aromatic heterocycles. The highest BCUT2D eigenvalue weighted by Gasteiger charge is 2.20. The molecular weight excluding hydrogens is 202 g/mol. The van der Waals surface area contributed by atoms with Gasteiger partial charge in [0.15, 0.2) is 0 Å². The minimum absolute atomic E-state index is 0.0560. The molecular formula is C9H13NO5. The third kappa shape index (κ3) is 3.67. The number of amides is 1. The van der Waals surface area contributed by atoms with Crippen LogP contribution in [0, 0.1) is 0 Å². The van der Waals surface area contributed by atoms with Crippen molar-refractivity contribution in [3.8, 4) is 0 Å². The molecule has 0 radical (unpaired) electrons. The first kappa shape index (κ1) is 11.6. The van der Waals surface area contributed by atoms with E-state index < -0.39 is 11.8 Å². The lowest BCUT2D eigenvalue weighted by Crippen LogP contribution is -2.25. The maximum atomic E-state index is 11.1. The molecule has 1 fully saturated rings. The Kier molecular flexibility index (Phi) is 4.23. The van der Waals surface area contributed by atoms with Gasteiger partial charge in [-0.1, -0.05) is 0 Å². The molecule has 0 spiro atoms. The van der Waals surface area contributed by atoms with E-state index in [1.807, 2.05) is 0 Å². The summed E-state index contributed by atoms with van der Waals surface area (Å²) in [5.74, 6) is -2.31. The van der Waals surface area contributed by atoms with E-state index in [1.165, 1.54) is 5.06 Å². The Balaban J connectivity index is 2.09. The maximum absolute atomic E-state index is 11.1. The lowest BCUT2D eigenvalue weighted by atomic mass is 10.2. The Labute approximate surface area is 86.8 Å². The molecule has 1 aliphatic rings. The van der Waals surface area contributed by atoms with Crippen LogP contribution in [0.3, 0.4) is 0 Å². The molecule has 0 atom stereocenters. The zero-order valence-corrected chi connectivity index (χ0v) is 8.27. The van der Waals surface area contributed by atoms with Gasteiger partial charge in [0.2, 0.25) is 11.7 Å². The van der Waals surface area contributed by atoms with Gasteiger partial charge in [0.1, 0.15) is 0 Å². The van der Waals surface area contributed by atoms with Crippen LogP contribution in [0.5, 0.6) is 0 Å². The van der Waals surface area contributed by atoms with Crippen molar-refractivity contribution in [2.75, 3.05) is 13.2 Å². The van der Waals surface area contributed by atoms with E-state index in [2.05, 4.69) is 0 Å². The van der Waals surface area contributed by atoms with Crippen molar-refractivity contribution in [3.63, 3.8) is 0 Å². The fourth-order valence-electron chi connectivity index (χ4n) is 1.27. The van der Waals surface area contributed by atoms with Crippen molar-refractivity contribution in [2.45, 2.75) is 25.7 Å². The predicted molar refractivity (Wildman–Crippen MR) is 48.8 cm³/mol. The number of hydrogen-bond donors (Lipinski definition) is 1. The van der Waals surface area contributed by atoms with Gasteiger partial charge in [-0.2, -0.15) is 0 Å². The number of rotatable bonds is 6. The number of carbonyl (C=O) groups is 3. The van der Waals surface area contributed by atoms with E-state index >= 15 is 0 Å². The third-order valence-electron chi connectivity index (χ3n) is 2.06. The molecule has 1 rings (SSSR count). The monoisotopic (exact) mass is 215 g/mol. The van der Waals surface area contributed by atoms with E-state index in [0.717, 1.165) is 6.42 Å². The van der Waals surface area contributed by atoms with Gasteiger partial charge in [-0.15, -0.1) is 0 Å². The molecule has 1 N–H and O–H groups in total. The van der Waals surface area contributed by atoms with Gasteiger partial charge in [-0.25, -0.2) is 9.86 Å². The van der Waals surface area contributed by atoms with Crippen LogP contribution in [0.25, 0.3) is 0 Å². The summed E-state index contributed by atoms with van der Waals surface area (Å²) < 4.78 is 0. The average Bonchev–Trinajstić information content (AvgIpc) is 2.58. The number of Topliss-reactive ketones (excluding diaryl/α,β-unsaturated/α-hetero) is 1. The summed E-state index contributed by atoms with van der Waals surface area (Å²) in [7, 11) is 0. The van der Waals surface area contributed by atoms with Crippen LogP contribution < -0.4 is 0 Å². The summed E-state index contributed by atoms with van der Waals surface area (Å²) in [5, 5.41) is 9.55. The number of carboxylic acid groups (broad SMARTS) is 1. The quantitative estimate of drug-likeness (QED) is 0.497. The Morgan fingerprint density at radius 2 is 2.20 bits per heavy atom. The first-order valence-corrected chi connectivity index (χ1v) is 4.80. The van der Waals surface area contributed by atoms with Crippen molar-refractivity contribution >= 4 is 17.7 Å². The highest BCUT2D eigenvalue weighted by Crippen LogP contribution is 2.10. The molecule has 1 aliphatic heterocycles. The topological polar surface area (TPSA) is 83.9 Å².